The van der Waals surface area contributed by atoms with E-state index >= 15 is 0 Å². The molecule has 0 saturated carbocycles. The topological polar surface area (TPSA) is 66.5 Å². The lowest BCUT2D eigenvalue weighted by atomic mass is 10.1. The van der Waals surface area contributed by atoms with Crippen molar-refractivity contribution in [1.29, 1.82) is 0 Å². The molecule has 3 amide bonds. The summed E-state index contributed by atoms with van der Waals surface area (Å²) in [6.07, 6.45) is 1.68. The van der Waals surface area contributed by atoms with E-state index in [2.05, 4.69) is 5.32 Å². The molecule has 1 N–H and O–H groups in total. The molecular weight excluding hydrogens is 360 g/mol. The van der Waals surface area contributed by atoms with Crippen LogP contribution in [0.3, 0.4) is 0 Å². The molecule has 3 rings (SSSR count). The lowest BCUT2D eigenvalue weighted by Crippen LogP contribution is -2.30. The van der Waals surface area contributed by atoms with Gasteiger partial charge in [0, 0.05) is 29.3 Å². The Bertz CT molecular complexity index is 852. The largest absolute Gasteiger partial charge is 0.351 e. The maximum atomic E-state index is 12.5. The molecule has 1 aliphatic heterocycles. The van der Waals surface area contributed by atoms with Crippen molar-refractivity contribution in [3.63, 3.8) is 0 Å². The third-order valence-electron chi connectivity index (χ3n) is 4.37. The fourth-order valence-electron chi connectivity index (χ4n) is 2.90. The lowest BCUT2D eigenvalue weighted by Gasteiger charge is -2.12. The van der Waals surface area contributed by atoms with Gasteiger partial charge in [0.1, 0.15) is 0 Å². The average molecular weight is 382 g/mol. The van der Waals surface area contributed by atoms with Crippen LogP contribution in [0.5, 0.6) is 0 Å². The van der Waals surface area contributed by atoms with Crippen molar-refractivity contribution in [3.8, 4) is 0 Å². The number of imide groups is 1. The van der Waals surface area contributed by atoms with E-state index in [-0.39, 0.29) is 17.7 Å². The molecule has 0 atom stereocenters. The molecular formula is C21H22N2O3S. The summed E-state index contributed by atoms with van der Waals surface area (Å²) < 4.78 is 0. The van der Waals surface area contributed by atoms with Crippen molar-refractivity contribution in [2.24, 2.45) is 0 Å². The second-order valence-corrected chi connectivity index (χ2v) is 7.46. The van der Waals surface area contributed by atoms with E-state index in [0.717, 1.165) is 23.5 Å². The summed E-state index contributed by atoms with van der Waals surface area (Å²) in [5.41, 5.74) is 1.10. The minimum atomic E-state index is -0.308. The van der Waals surface area contributed by atoms with Gasteiger partial charge in [0.25, 0.3) is 17.7 Å². The second-order valence-electron chi connectivity index (χ2n) is 6.29. The lowest BCUT2D eigenvalue weighted by molar-refractivity contribution is 0.0652. The van der Waals surface area contributed by atoms with E-state index in [0.29, 0.717) is 29.8 Å². The van der Waals surface area contributed by atoms with Crippen molar-refractivity contribution in [2.45, 2.75) is 24.7 Å². The number of benzene rings is 2. The van der Waals surface area contributed by atoms with Crippen LogP contribution in [0.2, 0.25) is 0 Å². The number of amides is 3. The Kier molecular flexibility index (Phi) is 6.29. The molecule has 6 heteroatoms. The number of unbranched alkanes of at least 4 members (excludes halogenated alkanes) is 1. The first-order valence-electron chi connectivity index (χ1n) is 9.08. The Balaban J connectivity index is 1.59. The summed E-state index contributed by atoms with van der Waals surface area (Å²) in [4.78, 5) is 39.6. The SMILES string of the molecule is CCCCN1C(=O)c2ccc(C(=O)NCCSc3ccccc3)cc2C1=O. The Morgan fingerprint density at radius 1 is 1.04 bits per heavy atom. The van der Waals surface area contributed by atoms with Crippen LogP contribution in [0.4, 0.5) is 0 Å². The smallest absolute Gasteiger partial charge is 0.261 e. The zero-order valence-electron chi connectivity index (χ0n) is 15.2. The van der Waals surface area contributed by atoms with Gasteiger partial charge in [-0.25, -0.2) is 0 Å². The number of carbonyl (C=O) groups excluding carboxylic acids is 3. The molecule has 0 radical (unpaired) electrons. The van der Waals surface area contributed by atoms with Crippen molar-refractivity contribution < 1.29 is 14.4 Å². The number of hydrogen-bond acceptors (Lipinski definition) is 4. The third-order valence-corrected chi connectivity index (χ3v) is 5.38. The minimum absolute atomic E-state index is 0.237. The molecule has 0 bridgehead atoms. The molecule has 2 aromatic carbocycles. The summed E-state index contributed by atoms with van der Waals surface area (Å²) in [6.45, 7) is 2.95. The maximum Gasteiger partial charge on any atom is 0.261 e. The Morgan fingerprint density at radius 3 is 2.52 bits per heavy atom. The van der Waals surface area contributed by atoms with Crippen LogP contribution < -0.4 is 5.32 Å². The summed E-state index contributed by atoms with van der Waals surface area (Å²) in [5, 5.41) is 2.86. The summed E-state index contributed by atoms with van der Waals surface area (Å²) in [7, 11) is 0. The van der Waals surface area contributed by atoms with Gasteiger partial charge in [-0.15, -0.1) is 11.8 Å². The average Bonchev–Trinajstić information content (AvgIpc) is 2.94. The highest BCUT2D eigenvalue weighted by atomic mass is 32.2. The van der Waals surface area contributed by atoms with Gasteiger partial charge in [0.15, 0.2) is 0 Å². The van der Waals surface area contributed by atoms with Crippen LogP contribution >= 0.6 is 11.8 Å². The molecule has 140 valence electrons. The highest BCUT2D eigenvalue weighted by molar-refractivity contribution is 7.99. The molecule has 0 fully saturated rings. The fourth-order valence-corrected chi connectivity index (χ4v) is 3.69. The van der Waals surface area contributed by atoms with Gasteiger partial charge in [-0.3, -0.25) is 19.3 Å². The van der Waals surface area contributed by atoms with Crippen LogP contribution in [0, 0.1) is 0 Å². The predicted molar refractivity (Wildman–Crippen MR) is 106 cm³/mol. The number of carbonyl (C=O) groups is 3. The summed E-state index contributed by atoms with van der Waals surface area (Å²) >= 11 is 1.67. The first-order valence-corrected chi connectivity index (χ1v) is 10.1. The van der Waals surface area contributed by atoms with Crippen LogP contribution in [-0.4, -0.2) is 41.5 Å². The zero-order chi connectivity index (χ0) is 19.2. The van der Waals surface area contributed by atoms with E-state index in [1.807, 2.05) is 37.3 Å². The molecule has 1 aliphatic rings. The molecule has 27 heavy (non-hydrogen) atoms. The molecule has 5 nitrogen and oxygen atoms in total. The first-order chi connectivity index (χ1) is 13.1. The molecule has 0 saturated heterocycles. The van der Waals surface area contributed by atoms with E-state index in [9.17, 15) is 14.4 Å². The number of nitrogens with one attached hydrogen (secondary N) is 1. The van der Waals surface area contributed by atoms with E-state index in [1.54, 1.807) is 23.9 Å². The number of nitrogens with zero attached hydrogens (tertiary/aromatic N) is 1. The fraction of sp³-hybridized carbons (Fsp3) is 0.286. The molecule has 1 heterocycles. The first kappa shape index (κ1) is 19.2. The molecule has 0 aliphatic carbocycles. The van der Waals surface area contributed by atoms with Crippen molar-refractivity contribution >= 4 is 29.5 Å². The normalized spacial score (nSPS) is 13.0. The van der Waals surface area contributed by atoms with Gasteiger partial charge < -0.3 is 5.32 Å². The summed E-state index contributed by atoms with van der Waals surface area (Å²) in [6, 6.07) is 14.7. The van der Waals surface area contributed by atoms with E-state index < -0.39 is 0 Å². The van der Waals surface area contributed by atoms with Crippen molar-refractivity contribution in [2.75, 3.05) is 18.8 Å². The minimum Gasteiger partial charge on any atom is -0.351 e. The van der Waals surface area contributed by atoms with Crippen LogP contribution in [0.1, 0.15) is 50.8 Å². The molecule has 2 aromatic rings. The van der Waals surface area contributed by atoms with E-state index in [1.165, 1.54) is 11.0 Å². The van der Waals surface area contributed by atoms with Gasteiger partial charge in [-0.2, -0.15) is 0 Å². The monoisotopic (exact) mass is 382 g/mol. The Hall–Kier alpha value is -2.60. The van der Waals surface area contributed by atoms with Gasteiger partial charge in [0.05, 0.1) is 11.1 Å². The van der Waals surface area contributed by atoms with Crippen LogP contribution in [0.25, 0.3) is 0 Å². The zero-order valence-corrected chi connectivity index (χ0v) is 16.1. The quantitative estimate of drug-likeness (QED) is 0.430. The molecule has 0 unspecified atom stereocenters. The van der Waals surface area contributed by atoms with Gasteiger partial charge in [0.2, 0.25) is 0 Å². The number of thioether (sulfide) groups is 1. The standard InChI is InChI=1S/C21H22N2O3S/c1-2-3-12-23-20(25)17-10-9-15(14-18(17)21(23)26)19(24)22-11-13-27-16-7-5-4-6-8-16/h4-10,14H,2-3,11-13H2,1H3,(H,22,24). The Morgan fingerprint density at radius 2 is 1.78 bits per heavy atom. The highest BCUT2D eigenvalue weighted by Crippen LogP contribution is 2.24. The molecule has 0 spiro atoms. The highest BCUT2D eigenvalue weighted by Gasteiger charge is 2.35. The summed E-state index contributed by atoms with van der Waals surface area (Å²) in [5.74, 6) is -0.0609. The van der Waals surface area contributed by atoms with Crippen LogP contribution in [0.15, 0.2) is 53.4 Å². The number of fused-ring (bicyclic) bond motifs is 1. The second kappa shape index (κ2) is 8.86. The third kappa shape index (κ3) is 4.39. The van der Waals surface area contributed by atoms with Gasteiger partial charge in [-0.05, 0) is 36.8 Å². The van der Waals surface area contributed by atoms with Gasteiger partial charge >= 0.3 is 0 Å². The number of hydrogen-bond donors (Lipinski definition) is 1. The van der Waals surface area contributed by atoms with E-state index in [4.69, 9.17) is 0 Å². The molecule has 0 aromatic heterocycles. The predicted octanol–water partition coefficient (Wildman–Crippen LogP) is 3.60. The number of rotatable bonds is 8. The van der Waals surface area contributed by atoms with Gasteiger partial charge in [-0.1, -0.05) is 31.5 Å². The van der Waals surface area contributed by atoms with Crippen molar-refractivity contribution in [3.05, 3.63) is 65.2 Å². The Labute approximate surface area is 163 Å². The van der Waals surface area contributed by atoms with Crippen molar-refractivity contribution in [1.82, 2.24) is 10.2 Å². The maximum absolute atomic E-state index is 12.5. The van der Waals surface area contributed by atoms with Crippen LogP contribution in [-0.2, 0) is 0 Å².